The van der Waals surface area contributed by atoms with E-state index in [2.05, 4.69) is 27.5 Å². The molecule has 0 aromatic carbocycles. The summed E-state index contributed by atoms with van der Waals surface area (Å²) in [6.45, 7) is 2.89. The summed E-state index contributed by atoms with van der Waals surface area (Å²) in [5, 5.41) is 6.34. The monoisotopic (exact) mass is 242 g/mol. The normalized spacial score (nSPS) is 10.1. The predicted octanol–water partition coefficient (Wildman–Crippen LogP) is 2.48. The van der Waals surface area contributed by atoms with Gasteiger partial charge in [0, 0.05) is 31.9 Å². The second kappa shape index (κ2) is 6.00. The van der Waals surface area contributed by atoms with E-state index in [1.165, 1.54) is 5.56 Å². The third kappa shape index (κ3) is 3.45. The average molecular weight is 242 g/mol. The topological polar surface area (TPSA) is 49.8 Å². The highest BCUT2D eigenvalue weighted by atomic mass is 15.0. The first-order valence-corrected chi connectivity index (χ1v) is 6.08. The zero-order chi connectivity index (χ0) is 12.8. The van der Waals surface area contributed by atoms with Crippen molar-refractivity contribution in [2.24, 2.45) is 0 Å². The summed E-state index contributed by atoms with van der Waals surface area (Å²) in [5.41, 5.74) is 2.28. The van der Waals surface area contributed by atoms with Gasteiger partial charge in [-0.25, -0.2) is 9.97 Å². The summed E-state index contributed by atoms with van der Waals surface area (Å²) in [5.74, 6) is 1.82. The number of pyridine rings is 2. The van der Waals surface area contributed by atoms with Gasteiger partial charge in [-0.05, 0) is 36.8 Å². The van der Waals surface area contributed by atoms with Gasteiger partial charge in [-0.15, -0.1) is 0 Å². The van der Waals surface area contributed by atoms with Crippen molar-refractivity contribution in [2.45, 2.75) is 13.3 Å². The van der Waals surface area contributed by atoms with E-state index in [1.807, 2.05) is 43.6 Å². The van der Waals surface area contributed by atoms with Crippen molar-refractivity contribution in [1.29, 1.82) is 0 Å². The molecule has 0 saturated carbocycles. The minimum atomic E-state index is 0.830. The van der Waals surface area contributed by atoms with Crippen LogP contribution in [0, 0.1) is 6.92 Å². The van der Waals surface area contributed by atoms with Gasteiger partial charge in [0.15, 0.2) is 0 Å². The molecule has 0 saturated heterocycles. The molecule has 2 aromatic rings. The van der Waals surface area contributed by atoms with Crippen LogP contribution in [0.25, 0.3) is 0 Å². The Hall–Kier alpha value is -2.10. The van der Waals surface area contributed by atoms with E-state index in [0.717, 1.165) is 30.3 Å². The maximum absolute atomic E-state index is 4.47. The second-order valence-corrected chi connectivity index (χ2v) is 4.16. The maximum atomic E-state index is 4.47. The van der Waals surface area contributed by atoms with Crippen molar-refractivity contribution in [1.82, 2.24) is 9.97 Å². The van der Waals surface area contributed by atoms with E-state index in [9.17, 15) is 0 Å². The molecule has 0 bridgehead atoms. The molecule has 0 aliphatic carbocycles. The predicted molar refractivity (Wildman–Crippen MR) is 75.0 cm³/mol. The fraction of sp³-hybridized carbons (Fsp3) is 0.286. The van der Waals surface area contributed by atoms with Gasteiger partial charge in [-0.3, -0.25) is 0 Å². The van der Waals surface area contributed by atoms with Crippen LogP contribution in [0.5, 0.6) is 0 Å². The van der Waals surface area contributed by atoms with E-state index in [0.29, 0.717) is 0 Å². The van der Waals surface area contributed by atoms with Crippen LogP contribution in [0.1, 0.15) is 11.3 Å². The van der Waals surface area contributed by atoms with Crippen molar-refractivity contribution in [3.8, 4) is 0 Å². The molecule has 2 heterocycles. The molecule has 2 aromatic heterocycles. The van der Waals surface area contributed by atoms with Crippen LogP contribution in [0.3, 0.4) is 0 Å². The van der Waals surface area contributed by atoms with E-state index in [-0.39, 0.29) is 0 Å². The van der Waals surface area contributed by atoms with Crippen LogP contribution in [-0.2, 0) is 6.42 Å². The van der Waals surface area contributed by atoms with Crippen molar-refractivity contribution in [2.75, 3.05) is 24.2 Å². The largest absolute Gasteiger partial charge is 0.373 e. The Balaban J connectivity index is 1.88. The molecule has 0 unspecified atom stereocenters. The van der Waals surface area contributed by atoms with Crippen LogP contribution in [0.15, 0.2) is 36.5 Å². The lowest BCUT2D eigenvalue weighted by Crippen LogP contribution is -2.07. The molecule has 18 heavy (non-hydrogen) atoms. The fourth-order valence-electron chi connectivity index (χ4n) is 1.71. The Bertz CT molecular complexity index is 511. The Labute approximate surface area is 107 Å². The Morgan fingerprint density at radius 2 is 2.06 bits per heavy atom. The number of anilines is 2. The summed E-state index contributed by atoms with van der Waals surface area (Å²) in [4.78, 5) is 8.73. The lowest BCUT2D eigenvalue weighted by Gasteiger charge is -2.07. The van der Waals surface area contributed by atoms with E-state index in [1.54, 1.807) is 0 Å². The van der Waals surface area contributed by atoms with Crippen LogP contribution in [0.4, 0.5) is 11.6 Å². The number of aromatic nitrogens is 2. The van der Waals surface area contributed by atoms with Gasteiger partial charge in [0.1, 0.15) is 11.6 Å². The maximum Gasteiger partial charge on any atom is 0.126 e. The zero-order valence-electron chi connectivity index (χ0n) is 10.8. The molecule has 2 rings (SSSR count). The molecular weight excluding hydrogens is 224 g/mol. The summed E-state index contributed by atoms with van der Waals surface area (Å²) in [6, 6.07) is 10.0. The third-order valence-corrected chi connectivity index (χ3v) is 2.67. The van der Waals surface area contributed by atoms with Crippen LogP contribution in [0.2, 0.25) is 0 Å². The third-order valence-electron chi connectivity index (χ3n) is 2.67. The quantitative estimate of drug-likeness (QED) is 0.845. The number of hydrogen-bond acceptors (Lipinski definition) is 4. The lowest BCUT2D eigenvalue weighted by atomic mass is 10.2. The van der Waals surface area contributed by atoms with Gasteiger partial charge in [0.2, 0.25) is 0 Å². The molecule has 0 aliphatic heterocycles. The molecule has 0 spiro atoms. The first-order chi connectivity index (χ1) is 8.78. The summed E-state index contributed by atoms with van der Waals surface area (Å²) >= 11 is 0. The number of nitrogens with one attached hydrogen (secondary N) is 2. The molecule has 0 radical (unpaired) electrons. The van der Waals surface area contributed by atoms with E-state index in [4.69, 9.17) is 0 Å². The fourth-order valence-corrected chi connectivity index (χ4v) is 1.71. The van der Waals surface area contributed by atoms with Gasteiger partial charge in [-0.2, -0.15) is 0 Å². The number of hydrogen-bond donors (Lipinski definition) is 2. The first-order valence-electron chi connectivity index (χ1n) is 6.08. The van der Waals surface area contributed by atoms with Gasteiger partial charge < -0.3 is 10.6 Å². The smallest absolute Gasteiger partial charge is 0.126 e. The van der Waals surface area contributed by atoms with Gasteiger partial charge in [0.05, 0.1) is 0 Å². The highest BCUT2D eigenvalue weighted by molar-refractivity contribution is 5.37. The Morgan fingerprint density at radius 1 is 1.17 bits per heavy atom. The Morgan fingerprint density at radius 3 is 2.83 bits per heavy atom. The number of aryl methyl sites for hydroxylation is 1. The van der Waals surface area contributed by atoms with Crippen molar-refractivity contribution < 1.29 is 0 Å². The molecule has 4 nitrogen and oxygen atoms in total. The summed E-state index contributed by atoms with van der Waals surface area (Å²) < 4.78 is 0. The molecule has 0 amide bonds. The minimum Gasteiger partial charge on any atom is -0.373 e. The minimum absolute atomic E-state index is 0.830. The standard InChI is InChI=1S/C14H18N4/c1-11-6-8-16-14(10-11)17-9-7-12-4-3-5-13(15-2)18-12/h3-6,8,10H,7,9H2,1-2H3,(H,15,18)(H,16,17). The van der Waals surface area contributed by atoms with Gasteiger partial charge in [-0.1, -0.05) is 6.07 Å². The van der Waals surface area contributed by atoms with Crippen molar-refractivity contribution in [3.63, 3.8) is 0 Å². The summed E-state index contributed by atoms with van der Waals surface area (Å²) in [7, 11) is 1.88. The molecule has 4 heteroatoms. The lowest BCUT2D eigenvalue weighted by molar-refractivity contribution is 0.954. The van der Waals surface area contributed by atoms with E-state index < -0.39 is 0 Å². The highest BCUT2D eigenvalue weighted by Gasteiger charge is 1.98. The molecule has 94 valence electrons. The highest BCUT2D eigenvalue weighted by Crippen LogP contribution is 2.07. The second-order valence-electron chi connectivity index (χ2n) is 4.16. The van der Waals surface area contributed by atoms with Gasteiger partial charge in [0.25, 0.3) is 0 Å². The molecule has 2 N–H and O–H groups in total. The van der Waals surface area contributed by atoms with Crippen LogP contribution >= 0.6 is 0 Å². The van der Waals surface area contributed by atoms with Crippen molar-refractivity contribution >= 4 is 11.6 Å². The van der Waals surface area contributed by atoms with Crippen molar-refractivity contribution in [3.05, 3.63) is 47.8 Å². The number of rotatable bonds is 5. The van der Waals surface area contributed by atoms with Gasteiger partial charge >= 0.3 is 0 Å². The molecule has 0 aliphatic rings. The average Bonchev–Trinajstić information content (AvgIpc) is 2.39. The molecular formula is C14H18N4. The number of nitrogens with zero attached hydrogens (tertiary/aromatic N) is 2. The molecule has 0 fully saturated rings. The first kappa shape index (κ1) is 12.4. The van der Waals surface area contributed by atoms with Crippen LogP contribution < -0.4 is 10.6 Å². The van der Waals surface area contributed by atoms with Crippen LogP contribution in [-0.4, -0.2) is 23.6 Å². The molecule has 0 atom stereocenters. The van der Waals surface area contributed by atoms with E-state index >= 15 is 0 Å². The zero-order valence-corrected chi connectivity index (χ0v) is 10.8. The summed E-state index contributed by atoms with van der Waals surface area (Å²) in [6.07, 6.45) is 2.70. The SMILES string of the molecule is CNc1cccc(CCNc2cc(C)ccn2)n1. The Kier molecular flexibility index (Phi) is 4.12.